The van der Waals surface area contributed by atoms with Crippen molar-refractivity contribution in [2.24, 2.45) is 0 Å². The maximum atomic E-state index is 9.83. The zero-order valence-electron chi connectivity index (χ0n) is 11.6. The lowest BCUT2D eigenvalue weighted by Gasteiger charge is -2.14. The lowest BCUT2D eigenvalue weighted by atomic mass is 10.2. The van der Waals surface area contributed by atoms with Gasteiger partial charge in [-0.25, -0.2) is 0 Å². The molecule has 0 saturated carbocycles. The first kappa shape index (κ1) is 15.2. The van der Waals surface area contributed by atoms with E-state index < -0.39 is 6.10 Å². The van der Waals surface area contributed by atoms with Crippen molar-refractivity contribution >= 4 is 5.69 Å². The molecule has 0 amide bonds. The lowest BCUT2D eigenvalue weighted by Crippen LogP contribution is -2.25. The Kier molecular flexibility index (Phi) is 5.43. The molecular weight excluding hydrogens is 270 g/mol. The van der Waals surface area contributed by atoms with Gasteiger partial charge in [-0.05, 0) is 29.8 Å². The largest absolute Gasteiger partial charge is 0.491 e. The van der Waals surface area contributed by atoms with E-state index in [0.29, 0.717) is 17.2 Å². The number of hydrogen-bond donors (Lipinski definition) is 3. The van der Waals surface area contributed by atoms with Crippen molar-refractivity contribution in [1.82, 2.24) is 0 Å². The molecule has 4 N–H and O–H groups in total. The molecule has 0 fully saturated rings. The predicted molar refractivity (Wildman–Crippen MR) is 80.2 cm³/mol. The molecule has 21 heavy (non-hydrogen) atoms. The minimum absolute atomic E-state index is 0.00472. The van der Waals surface area contributed by atoms with Crippen LogP contribution in [-0.2, 0) is 6.61 Å². The Labute approximate surface area is 123 Å². The third kappa shape index (κ3) is 4.66. The lowest BCUT2D eigenvalue weighted by molar-refractivity contribution is 0.0629. The molecule has 2 aromatic rings. The Balaban J connectivity index is 1.76. The van der Waals surface area contributed by atoms with Crippen LogP contribution in [0.5, 0.6) is 11.5 Å². The van der Waals surface area contributed by atoms with Gasteiger partial charge in [0.1, 0.15) is 30.8 Å². The van der Waals surface area contributed by atoms with Crippen molar-refractivity contribution in [2.75, 3.05) is 18.9 Å². The Bertz CT molecular complexity index is 556. The Hall–Kier alpha value is -2.24. The maximum Gasteiger partial charge on any atom is 0.142 e. The number of rotatable bonds is 7. The van der Waals surface area contributed by atoms with E-state index in [9.17, 15) is 5.11 Å². The predicted octanol–water partition coefficient (Wildman–Crippen LogP) is 1.58. The second kappa shape index (κ2) is 7.52. The summed E-state index contributed by atoms with van der Waals surface area (Å²) in [7, 11) is 0. The topological polar surface area (TPSA) is 84.9 Å². The van der Waals surface area contributed by atoms with Crippen LogP contribution in [0.2, 0.25) is 0 Å². The van der Waals surface area contributed by atoms with Crippen LogP contribution < -0.4 is 15.2 Å². The SMILES string of the molecule is Nc1ccccc1OCC(O)COc1ccc(CO)cc1. The zero-order valence-corrected chi connectivity index (χ0v) is 11.6. The van der Waals surface area contributed by atoms with Crippen LogP contribution in [0.25, 0.3) is 0 Å². The van der Waals surface area contributed by atoms with Crippen LogP contribution in [0.4, 0.5) is 5.69 Å². The van der Waals surface area contributed by atoms with E-state index in [1.54, 1.807) is 36.4 Å². The van der Waals surface area contributed by atoms with Gasteiger partial charge in [0.25, 0.3) is 0 Å². The second-order valence-corrected chi connectivity index (χ2v) is 4.62. The summed E-state index contributed by atoms with van der Waals surface area (Å²) in [4.78, 5) is 0. The Morgan fingerprint density at radius 2 is 1.62 bits per heavy atom. The highest BCUT2D eigenvalue weighted by atomic mass is 16.5. The van der Waals surface area contributed by atoms with Crippen molar-refractivity contribution in [1.29, 1.82) is 0 Å². The van der Waals surface area contributed by atoms with E-state index in [0.717, 1.165) is 5.56 Å². The normalized spacial score (nSPS) is 11.9. The summed E-state index contributed by atoms with van der Waals surface area (Å²) in [5.41, 5.74) is 7.08. The molecule has 0 aliphatic rings. The number of hydrogen-bond acceptors (Lipinski definition) is 5. The first-order valence-corrected chi connectivity index (χ1v) is 6.67. The number of nitrogens with two attached hydrogens (primary N) is 1. The fourth-order valence-corrected chi connectivity index (χ4v) is 1.73. The molecule has 5 nitrogen and oxygen atoms in total. The number of anilines is 1. The average Bonchev–Trinajstić information content (AvgIpc) is 2.52. The molecule has 0 aliphatic heterocycles. The van der Waals surface area contributed by atoms with Crippen LogP contribution in [0.15, 0.2) is 48.5 Å². The van der Waals surface area contributed by atoms with Gasteiger partial charge >= 0.3 is 0 Å². The van der Waals surface area contributed by atoms with Gasteiger partial charge < -0.3 is 25.4 Å². The summed E-state index contributed by atoms with van der Waals surface area (Å²) in [5.74, 6) is 1.18. The molecule has 112 valence electrons. The monoisotopic (exact) mass is 289 g/mol. The quantitative estimate of drug-likeness (QED) is 0.674. The molecule has 0 aliphatic carbocycles. The van der Waals surface area contributed by atoms with Crippen LogP contribution in [-0.4, -0.2) is 29.5 Å². The maximum absolute atomic E-state index is 9.83. The van der Waals surface area contributed by atoms with Crippen molar-refractivity contribution < 1.29 is 19.7 Å². The molecular formula is C16H19NO4. The molecule has 2 aromatic carbocycles. The van der Waals surface area contributed by atoms with Gasteiger partial charge in [0, 0.05) is 0 Å². The molecule has 5 heteroatoms. The van der Waals surface area contributed by atoms with E-state index >= 15 is 0 Å². The average molecular weight is 289 g/mol. The number of nitrogen functional groups attached to an aromatic ring is 1. The summed E-state index contributed by atoms with van der Waals surface area (Å²) in [6.07, 6.45) is -0.762. The molecule has 0 saturated heterocycles. The van der Waals surface area contributed by atoms with Crippen molar-refractivity contribution in [3.8, 4) is 11.5 Å². The van der Waals surface area contributed by atoms with E-state index in [2.05, 4.69) is 0 Å². The van der Waals surface area contributed by atoms with Crippen LogP contribution in [0.1, 0.15) is 5.56 Å². The van der Waals surface area contributed by atoms with E-state index in [1.165, 1.54) is 0 Å². The highest BCUT2D eigenvalue weighted by molar-refractivity contribution is 5.51. The summed E-state index contributed by atoms with van der Waals surface area (Å²) in [6.45, 7) is 0.212. The smallest absolute Gasteiger partial charge is 0.142 e. The highest BCUT2D eigenvalue weighted by Gasteiger charge is 2.08. The van der Waals surface area contributed by atoms with E-state index in [1.807, 2.05) is 12.1 Å². The Morgan fingerprint density at radius 1 is 0.952 bits per heavy atom. The van der Waals surface area contributed by atoms with E-state index in [4.69, 9.17) is 20.3 Å². The second-order valence-electron chi connectivity index (χ2n) is 4.62. The molecule has 0 radical (unpaired) electrons. The van der Waals surface area contributed by atoms with Crippen LogP contribution in [0.3, 0.4) is 0 Å². The van der Waals surface area contributed by atoms with Crippen molar-refractivity contribution in [3.63, 3.8) is 0 Å². The first-order chi connectivity index (χ1) is 10.2. The number of benzene rings is 2. The molecule has 1 atom stereocenters. The van der Waals surface area contributed by atoms with Gasteiger partial charge in [-0.15, -0.1) is 0 Å². The molecule has 2 rings (SSSR count). The number of aliphatic hydroxyl groups excluding tert-OH is 2. The highest BCUT2D eigenvalue weighted by Crippen LogP contribution is 2.20. The minimum atomic E-state index is -0.762. The summed E-state index contributed by atoms with van der Waals surface area (Å²) in [6, 6.07) is 14.1. The van der Waals surface area contributed by atoms with Gasteiger partial charge in [0.2, 0.25) is 0 Å². The standard InChI is InChI=1S/C16H19NO4/c17-15-3-1-2-4-16(15)21-11-13(19)10-20-14-7-5-12(9-18)6-8-14/h1-8,13,18-19H,9-11,17H2. The summed E-state index contributed by atoms with van der Waals surface area (Å²) < 4.78 is 10.9. The van der Waals surface area contributed by atoms with Gasteiger partial charge in [-0.1, -0.05) is 24.3 Å². The van der Waals surface area contributed by atoms with Crippen molar-refractivity contribution in [2.45, 2.75) is 12.7 Å². The third-order valence-electron chi connectivity index (χ3n) is 2.90. The first-order valence-electron chi connectivity index (χ1n) is 6.67. The van der Waals surface area contributed by atoms with Gasteiger partial charge in [-0.2, -0.15) is 0 Å². The van der Waals surface area contributed by atoms with Crippen LogP contribution in [0, 0.1) is 0 Å². The molecule has 0 aromatic heterocycles. The summed E-state index contributed by atoms with van der Waals surface area (Å²) in [5, 5.41) is 18.8. The van der Waals surface area contributed by atoms with E-state index in [-0.39, 0.29) is 19.8 Å². The number of para-hydroxylation sites is 2. The van der Waals surface area contributed by atoms with Crippen LogP contribution >= 0.6 is 0 Å². The number of ether oxygens (including phenoxy) is 2. The van der Waals surface area contributed by atoms with Crippen molar-refractivity contribution in [3.05, 3.63) is 54.1 Å². The number of aliphatic hydroxyl groups is 2. The fraction of sp³-hybridized carbons (Fsp3) is 0.250. The zero-order chi connectivity index (χ0) is 15.1. The van der Waals surface area contributed by atoms with Gasteiger partial charge in [-0.3, -0.25) is 0 Å². The molecule has 0 heterocycles. The van der Waals surface area contributed by atoms with Gasteiger partial charge in [0.15, 0.2) is 0 Å². The fourth-order valence-electron chi connectivity index (χ4n) is 1.73. The minimum Gasteiger partial charge on any atom is -0.491 e. The van der Waals surface area contributed by atoms with Gasteiger partial charge in [0.05, 0.1) is 12.3 Å². The Morgan fingerprint density at radius 3 is 2.29 bits per heavy atom. The molecule has 0 bridgehead atoms. The third-order valence-corrected chi connectivity index (χ3v) is 2.90. The molecule has 1 unspecified atom stereocenters. The summed E-state index contributed by atoms with van der Waals surface area (Å²) >= 11 is 0. The molecule has 0 spiro atoms.